The molecule has 0 heterocycles. The van der Waals surface area contributed by atoms with Crippen molar-refractivity contribution in [1.82, 2.24) is 10.2 Å². The number of rotatable bonds is 6. The molecule has 4 heteroatoms. The standard InChI is InChI=1S/C13H20N2O2/c1-10(15(2)3)8-14-9-11-5-4-6-12(7-11)13(16)17/h4-7,10,14H,8-9H2,1-3H3,(H,16,17). The van der Waals surface area contributed by atoms with Crippen LogP contribution in [0.5, 0.6) is 0 Å². The van der Waals surface area contributed by atoms with E-state index in [0.717, 1.165) is 12.1 Å². The van der Waals surface area contributed by atoms with Gasteiger partial charge >= 0.3 is 5.97 Å². The molecule has 0 bridgehead atoms. The topological polar surface area (TPSA) is 52.6 Å². The van der Waals surface area contributed by atoms with Gasteiger partial charge in [0.2, 0.25) is 0 Å². The fourth-order valence-electron chi connectivity index (χ4n) is 1.42. The highest BCUT2D eigenvalue weighted by atomic mass is 16.4. The van der Waals surface area contributed by atoms with E-state index >= 15 is 0 Å². The van der Waals surface area contributed by atoms with Crippen molar-refractivity contribution in [2.24, 2.45) is 0 Å². The highest BCUT2D eigenvalue weighted by molar-refractivity contribution is 5.87. The van der Waals surface area contributed by atoms with E-state index in [0.29, 0.717) is 18.2 Å². The number of nitrogens with zero attached hydrogens (tertiary/aromatic N) is 1. The predicted octanol–water partition coefficient (Wildman–Crippen LogP) is 1.42. The first kappa shape index (κ1) is 13.7. The zero-order valence-corrected chi connectivity index (χ0v) is 10.6. The number of benzene rings is 1. The molecule has 0 radical (unpaired) electrons. The Balaban J connectivity index is 2.47. The van der Waals surface area contributed by atoms with E-state index in [-0.39, 0.29) is 0 Å². The van der Waals surface area contributed by atoms with Crippen LogP contribution in [0.1, 0.15) is 22.8 Å². The second-order valence-corrected chi connectivity index (χ2v) is 4.45. The van der Waals surface area contributed by atoms with Gasteiger partial charge in [-0.3, -0.25) is 0 Å². The van der Waals surface area contributed by atoms with Gasteiger partial charge in [-0.05, 0) is 38.7 Å². The Morgan fingerprint density at radius 2 is 2.18 bits per heavy atom. The molecule has 2 N–H and O–H groups in total. The van der Waals surface area contributed by atoms with E-state index in [9.17, 15) is 4.79 Å². The molecule has 0 aliphatic carbocycles. The van der Waals surface area contributed by atoms with Crippen molar-refractivity contribution in [2.75, 3.05) is 20.6 Å². The molecule has 17 heavy (non-hydrogen) atoms. The minimum Gasteiger partial charge on any atom is -0.478 e. The van der Waals surface area contributed by atoms with Crippen LogP contribution in [0, 0.1) is 0 Å². The summed E-state index contributed by atoms with van der Waals surface area (Å²) in [5.41, 5.74) is 1.33. The predicted molar refractivity (Wildman–Crippen MR) is 68.3 cm³/mol. The Morgan fingerprint density at radius 3 is 2.76 bits per heavy atom. The molecule has 4 nitrogen and oxygen atoms in total. The second kappa shape index (κ2) is 6.37. The minimum absolute atomic E-state index is 0.338. The van der Waals surface area contributed by atoms with Crippen LogP contribution >= 0.6 is 0 Å². The monoisotopic (exact) mass is 236 g/mol. The van der Waals surface area contributed by atoms with Crippen LogP contribution in [0.15, 0.2) is 24.3 Å². The first-order valence-corrected chi connectivity index (χ1v) is 5.70. The van der Waals surface area contributed by atoms with Crippen LogP contribution in [0.4, 0.5) is 0 Å². The first-order valence-electron chi connectivity index (χ1n) is 5.70. The lowest BCUT2D eigenvalue weighted by atomic mass is 10.1. The quantitative estimate of drug-likeness (QED) is 0.784. The van der Waals surface area contributed by atoms with Crippen molar-refractivity contribution in [3.8, 4) is 0 Å². The summed E-state index contributed by atoms with van der Waals surface area (Å²) in [7, 11) is 4.08. The Bertz CT molecular complexity index is 377. The average Bonchev–Trinajstić information content (AvgIpc) is 2.29. The maximum atomic E-state index is 10.8. The lowest BCUT2D eigenvalue weighted by Crippen LogP contribution is -2.35. The number of carboxylic acid groups (broad SMARTS) is 1. The number of carboxylic acids is 1. The van der Waals surface area contributed by atoms with Crippen molar-refractivity contribution in [3.05, 3.63) is 35.4 Å². The number of aromatic carboxylic acids is 1. The zero-order valence-electron chi connectivity index (χ0n) is 10.6. The maximum absolute atomic E-state index is 10.8. The van der Waals surface area contributed by atoms with Crippen molar-refractivity contribution < 1.29 is 9.90 Å². The largest absolute Gasteiger partial charge is 0.478 e. The van der Waals surface area contributed by atoms with Gasteiger partial charge in [0.25, 0.3) is 0 Å². The summed E-state index contributed by atoms with van der Waals surface area (Å²) >= 11 is 0. The second-order valence-electron chi connectivity index (χ2n) is 4.45. The normalized spacial score (nSPS) is 12.7. The van der Waals surface area contributed by atoms with Crippen molar-refractivity contribution >= 4 is 5.97 Å². The number of nitrogens with one attached hydrogen (secondary N) is 1. The summed E-state index contributed by atoms with van der Waals surface area (Å²) in [6.45, 7) is 3.71. The van der Waals surface area contributed by atoms with Crippen LogP contribution < -0.4 is 5.32 Å². The van der Waals surface area contributed by atoms with Gasteiger partial charge in [0.15, 0.2) is 0 Å². The van der Waals surface area contributed by atoms with E-state index < -0.39 is 5.97 Å². The molecular weight excluding hydrogens is 216 g/mol. The van der Waals surface area contributed by atoms with E-state index in [4.69, 9.17) is 5.11 Å². The van der Waals surface area contributed by atoms with Crippen molar-refractivity contribution in [1.29, 1.82) is 0 Å². The van der Waals surface area contributed by atoms with Gasteiger partial charge in [0, 0.05) is 19.1 Å². The molecule has 0 spiro atoms. The molecule has 1 aromatic rings. The zero-order chi connectivity index (χ0) is 12.8. The summed E-state index contributed by atoms with van der Waals surface area (Å²) in [5, 5.41) is 12.2. The Kier molecular flexibility index (Phi) is 5.12. The molecule has 0 saturated heterocycles. The average molecular weight is 236 g/mol. The summed E-state index contributed by atoms with van der Waals surface area (Å²) in [4.78, 5) is 12.9. The number of carbonyl (C=O) groups is 1. The van der Waals surface area contributed by atoms with Crippen molar-refractivity contribution in [2.45, 2.75) is 19.5 Å². The van der Waals surface area contributed by atoms with E-state index in [1.54, 1.807) is 18.2 Å². The maximum Gasteiger partial charge on any atom is 0.335 e. The molecule has 0 fully saturated rings. The van der Waals surface area contributed by atoms with Crippen LogP contribution in [0.2, 0.25) is 0 Å². The number of hydrogen-bond acceptors (Lipinski definition) is 3. The molecule has 1 rings (SSSR count). The van der Waals surface area contributed by atoms with Gasteiger partial charge in [0.05, 0.1) is 5.56 Å². The molecule has 1 aromatic carbocycles. The Labute approximate surface area is 102 Å². The smallest absolute Gasteiger partial charge is 0.335 e. The van der Waals surface area contributed by atoms with E-state index in [1.165, 1.54) is 0 Å². The number of likely N-dealkylation sites (N-methyl/N-ethyl adjacent to an activating group) is 1. The summed E-state index contributed by atoms with van der Waals surface area (Å²) in [6.07, 6.45) is 0. The third-order valence-electron chi connectivity index (χ3n) is 2.82. The lowest BCUT2D eigenvalue weighted by molar-refractivity contribution is 0.0696. The molecule has 1 atom stereocenters. The van der Waals surface area contributed by atoms with Gasteiger partial charge < -0.3 is 15.3 Å². The fourth-order valence-corrected chi connectivity index (χ4v) is 1.42. The molecule has 0 aromatic heterocycles. The van der Waals surface area contributed by atoms with Crippen LogP contribution in [-0.2, 0) is 6.54 Å². The number of hydrogen-bond donors (Lipinski definition) is 2. The molecular formula is C13H20N2O2. The van der Waals surface area contributed by atoms with Gasteiger partial charge in [-0.1, -0.05) is 12.1 Å². The highest BCUT2D eigenvalue weighted by Crippen LogP contribution is 2.05. The molecule has 0 aliphatic rings. The molecule has 0 amide bonds. The SMILES string of the molecule is CC(CNCc1cccc(C(=O)O)c1)N(C)C. The van der Waals surface area contributed by atoms with E-state index in [1.807, 2.05) is 20.2 Å². The molecule has 1 unspecified atom stereocenters. The van der Waals surface area contributed by atoms with Gasteiger partial charge in [-0.2, -0.15) is 0 Å². The third-order valence-corrected chi connectivity index (χ3v) is 2.82. The van der Waals surface area contributed by atoms with Crippen LogP contribution in [0.3, 0.4) is 0 Å². The third kappa shape index (κ3) is 4.54. The summed E-state index contributed by atoms with van der Waals surface area (Å²) < 4.78 is 0. The van der Waals surface area contributed by atoms with Gasteiger partial charge in [-0.15, -0.1) is 0 Å². The van der Waals surface area contributed by atoms with Crippen LogP contribution in [-0.4, -0.2) is 42.7 Å². The molecule has 0 aliphatic heterocycles. The van der Waals surface area contributed by atoms with E-state index in [2.05, 4.69) is 17.1 Å². The molecule has 94 valence electrons. The fraction of sp³-hybridized carbons (Fsp3) is 0.462. The molecule has 0 saturated carbocycles. The summed E-state index contributed by atoms with van der Waals surface area (Å²) in [6, 6.07) is 7.47. The van der Waals surface area contributed by atoms with Crippen molar-refractivity contribution in [3.63, 3.8) is 0 Å². The highest BCUT2D eigenvalue weighted by Gasteiger charge is 2.05. The Hall–Kier alpha value is -1.39. The Morgan fingerprint density at radius 1 is 1.47 bits per heavy atom. The lowest BCUT2D eigenvalue weighted by Gasteiger charge is -2.20. The van der Waals surface area contributed by atoms with Gasteiger partial charge in [-0.25, -0.2) is 4.79 Å². The summed E-state index contributed by atoms with van der Waals surface area (Å²) in [5.74, 6) is -0.881. The van der Waals surface area contributed by atoms with Crippen LogP contribution in [0.25, 0.3) is 0 Å². The van der Waals surface area contributed by atoms with Gasteiger partial charge in [0.1, 0.15) is 0 Å². The first-order chi connectivity index (χ1) is 8.00. The minimum atomic E-state index is -0.881.